The normalized spacial score (nSPS) is 15.0. The topological polar surface area (TPSA) is 52.3 Å². The van der Waals surface area contributed by atoms with Gasteiger partial charge < -0.3 is 4.52 Å². The Morgan fingerprint density at radius 1 is 1.47 bits per heavy atom. The summed E-state index contributed by atoms with van der Waals surface area (Å²) in [6.45, 7) is 5.97. The number of nitrogens with two attached hydrogens (primary N) is 1. The summed E-state index contributed by atoms with van der Waals surface area (Å²) in [6.07, 6.45) is 0. The fourth-order valence-electron chi connectivity index (χ4n) is 1.56. The van der Waals surface area contributed by atoms with Crippen molar-refractivity contribution in [2.24, 2.45) is 5.50 Å². The van der Waals surface area contributed by atoms with Gasteiger partial charge in [-0.05, 0) is 53.9 Å². The van der Waals surface area contributed by atoms with Crippen LogP contribution in [0.5, 0.6) is 0 Å². The van der Waals surface area contributed by atoms with Crippen LogP contribution in [0, 0.1) is 13.8 Å². The molecular weight excluding hydrogens is 277 g/mol. The first-order chi connectivity index (χ1) is 6.88. The van der Waals surface area contributed by atoms with Crippen molar-refractivity contribution in [2.45, 2.75) is 20.8 Å². The molecule has 5 heteroatoms. The quantitative estimate of drug-likeness (QED) is 0.871. The molecule has 0 radical (unpaired) electrons. The second-order valence-corrected chi connectivity index (χ2v) is 6.18. The average Bonchev–Trinajstić information content (AvgIpc) is 1.99. The lowest BCUT2D eigenvalue weighted by atomic mass is 10.2. The Morgan fingerprint density at radius 2 is 2.07 bits per heavy atom. The third kappa shape index (κ3) is 2.91. The molecule has 1 atom stereocenters. The lowest BCUT2D eigenvalue weighted by molar-refractivity contribution is 0.341. The molecule has 1 aromatic carbocycles. The number of rotatable bonds is 3. The molecule has 84 valence electrons. The zero-order chi connectivity index (χ0) is 11.6. The van der Waals surface area contributed by atoms with E-state index < -0.39 is 7.52 Å². The van der Waals surface area contributed by atoms with Gasteiger partial charge in [0.1, 0.15) is 0 Å². The standard InChI is InChI=1S/C10H15BrNO2P/c1-4-14-15(12,13)10-8(3)5-7(2)6-9(10)11/h5-6H,4H2,1-3H3,(H2,12,13). The molecule has 0 saturated carbocycles. The maximum absolute atomic E-state index is 12.1. The van der Waals surface area contributed by atoms with Gasteiger partial charge in [0, 0.05) is 4.47 Å². The predicted octanol–water partition coefficient (Wildman–Crippen LogP) is 2.88. The zero-order valence-electron chi connectivity index (χ0n) is 9.08. The first-order valence-electron chi connectivity index (χ1n) is 4.69. The van der Waals surface area contributed by atoms with Gasteiger partial charge in [-0.2, -0.15) is 0 Å². The van der Waals surface area contributed by atoms with Crippen LogP contribution in [0.4, 0.5) is 0 Å². The molecule has 3 nitrogen and oxygen atoms in total. The lowest BCUT2D eigenvalue weighted by Crippen LogP contribution is -2.19. The smallest absolute Gasteiger partial charge is 0.298 e. The minimum atomic E-state index is -3.19. The zero-order valence-corrected chi connectivity index (χ0v) is 11.6. The summed E-state index contributed by atoms with van der Waals surface area (Å²) < 4.78 is 18.0. The Bertz CT molecular complexity index is 397. The number of halogens is 1. The van der Waals surface area contributed by atoms with Crippen molar-refractivity contribution in [3.05, 3.63) is 27.7 Å². The highest BCUT2D eigenvalue weighted by Gasteiger charge is 2.24. The lowest BCUT2D eigenvalue weighted by Gasteiger charge is -2.17. The van der Waals surface area contributed by atoms with Gasteiger partial charge in [0.15, 0.2) is 0 Å². The average molecular weight is 292 g/mol. The first-order valence-corrected chi connectivity index (χ1v) is 7.17. The molecule has 0 aliphatic rings. The first kappa shape index (κ1) is 12.9. The number of aryl methyl sites for hydroxylation is 2. The molecule has 2 N–H and O–H groups in total. The second kappa shape index (κ2) is 4.79. The Balaban J connectivity index is 3.31. The van der Waals surface area contributed by atoms with Gasteiger partial charge in [0.2, 0.25) is 0 Å². The summed E-state index contributed by atoms with van der Waals surface area (Å²) in [6, 6.07) is 3.83. The molecule has 1 rings (SSSR count). The highest BCUT2D eigenvalue weighted by molar-refractivity contribution is 9.10. The molecule has 0 amide bonds. The van der Waals surface area contributed by atoms with Crippen LogP contribution in [0.3, 0.4) is 0 Å². The van der Waals surface area contributed by atoms with Gasteiger partial charge in [0.25, 0.3) is 7.52 Å². The third-order valence-electron chi connectivity index (χ3n) is 2.03. The second-order valence-electron chi connectivity index (χ2n) is 3.43. The Kier molecular flexibility index (Phi) is 4.13. The van der Waals surface area contributed by atoms with Gasteiger partial charge >= 0.3 is 0 Å². The largest absolute Gasteiger partial charge is 0.315 e. The Morgan fingerprint density at radius 3 is 2.53 bits per heavy atom. The predicted molar refractivity (Wildman–Crippen MR) is 66.7 cm³/mol. The van der Waals surface area contributed by atoms with Crippen LogP contribution in [0.1, 0.15) is 18.1 Å². The van der Waals surface area contributed by atoms with Crippen molar-refractivity contribution >= 4 is 28.8 Å². The maximum atomic E-state index is 12.1. The van der Waals surface area contributed by atoms with Crippen LogP contribution < -0.4 is 10.8 Å². The van der Waals surface area contributed by atoms with E-state index in [4.69, 9.17) is 10.0 Å². The summed E-state index contributed by atoms with van der Waals surface area (Å²) in [5.41, 5.74) is 7.69. The highest BCUT2D eigenvalue weighted by atomic mass is 79.9. The monoisotopic (exact) mass is 291 g/mol. The summed E-state index contributed by atoms with van der Waals surface area (Å²) >= 11 is 3.37. The van der Waals surface area contributed by atoms with E-state index in [2.05, 4.69) is 15.9 Å². The molecule has 15 heavy (non-hydrogen) atoms. The minimum Gasteiger partial charge on any atom is -0.315 e. The summed E-state index contributed by atoms with van der Waals surface area (Å²) in [5.74, 6) is 0. The van der Waals surface area contributed by atoms with E-state index in [0.717, 1.165) is 15.6 Å². The van der Waals surface area contributed by atoms with Gasteiger partial charge in [0.05, 0.1) is 11.9 Å². The van der Waals surface area contributed by atoms with Crippen LogP contribution in [0.15, 0.2) is 16.6 Å². The van der Waals surface area contributed by atoms with Gasteiger partial charge in [-0.1, -0.05) is 6.07 Å². The van der Waals surface area contributed by atoms with Crippen LogP contribution in [0.2, 0.25) is 0 Å². The SMILES string of the molecule is CCOP(N)(=O)c1c(C)cc(C)cc1Br. The third-order valence-corrected chi connectivity index (χ3v) is 4.82. The molecule has 0 spiro atoms. The molecule has 0 aliphatic heterocycles. The Labute approximate surface area is 98.6 Å². The molecule has 0 fully saturated rings. The number of hydrogen-bond donors (Lipinski definition) is 1. The van der Waals surface area contributed by atoms with Crippen molar-refractivity contribution in [1.29, 1.82) is 0 Å². The van der Waals surface area contributed by atoms with E-state index in [0.29, 0.717) is 11.9 Å². The molecule has 0 bridgehead atoms. The summed E-state index contributed by atoms with van der Waals surface area (Å²) in [5, 5.41) is 0.579. The van der Waals surface area contributed by atoms with Gasteiger partial charge in [-0.25, -0.2) is 0 Å². The van der Waals surface area contributed by atoms with Crippen LogP contribution >= 0.6 is 23.4 Å². The molecular formula is C10H15BrNO2P. The maximum Gasteiger partial charge on any atom is 0.298 e. The fourth-order valence-corrected chi connectivity index (χ4v) is 4.41. The van der Waals surface area contributed by atoms with Crippen LogP contribution in [-0.4, -0.2) is 6.61 Å². The van der Waals surface area contributed by atoms with Crippen LogP contribution in [0.25, 0.3) is 0 Å². The van der Waals surface area contributed by atoms with E-state index >= 15 is 0 Å². The van der Waals surface area contributed by atoms with Crippen molar-refractivity contribution in [3.8, 4) is 0 Å². The van der Waals surface area contributed by atoms with Crippen LogP contribution in [-0.2, 0) is 9.09 Å². The van der Waals surface area contributed by atoms with Gasteiger partial charge in [-0.15, -0.1) is 0 Å². The van der Waals surface area contributed by atoms with E-state index in [1.807, 2.05) is 26.0 Å². The molecule has 0 aliphatic carbocycles. The van der Waals surface area contributed by atoms with E-state index in [1.165, 1.54) is 0 Å². The van der Waals surface area contributed by atoms with Crippen molar-refractivity contribution in [3.63, 3.8) is 0 Å². The van der Waals surface area contributed by atoms with E-state index in [9.17, 15) is 4.57 Å². The summed E-state index contributed by atoms with van der Waals surface area (Å²) in [4.78, 5) is 0. The van der Waals surface area contributed by atoms with Gasteiger partial charge in [-0.3, -0.25) is 10.1 Å². The molecule has 1 unspecified atom stereocenters. The fraction of sp³-hybridized carbons (Fsp3) is 0.400. The number of hydrogen-bond acceptors (Lipinski definition) is 2. The minimum absolute atomic E-state index is 0.341. The van der Waals surface area contributed by atoms with Crippen molar-refractivity contribution < 1.29 is 9.09 Å². The number of benzene rings is 1. The summed E-state index contributed by atoms with van der Waals surface area (Å²) in [7, 11) is -3.19. The molecule has 0 saturated heterocycles. The molecule has 1 aromatic rings. The van der Waals surface area contributed by atoms with E-state index in [1.54, 1.807) is 6.92 Å². The Hall–Kier alpha value is -0.150. The molecule has 0 aromatic heterocycles. The molecule has 0 heterocycles. The van der Waals surface area contributed by atoms with Crippen molar-refractivity contribution in [2.75, 3.05) is 6.61 Å². The van der Waals surface area contributed by atoms with Crippen molar-refractivity contribution in [1.82, 2.24) is 0 Å². The highest BCUT2D eigenvalue weighted by Crippen LogP contribution is 2.40. The van der Waals surface area contributed by atoms with E-state index in [-0.39, 0.29) is 0 Å².